The number of hydrogen-bond donors (Lipinski definition) is 1. The highest BCUT2D eigenvalue weighted by Crippen LogP contribution is 2.50. The van der Waals surface area contributed by atoms with Crippen LogP contribution in [-0.2, 0) is 5.41 Å². The standard InChI is InChI=1S/C51H42N2/c1-4-5-6-8-17-39-22-23-40(34-47(39)46-19-12-14-21-50(46)52)38-26-30-42(31-27-38)53(41-28-24-37(25-29-41)36-15-9-7-10-16-36)43-32-33-45-44-18-11-13-20-48(44)51(2,3)49(45)35-43/h4-35H,1,52H2,2-3H3/b6-5-,17-8-. The first kappa shape index (κ1) is 33.5. The van der Waals surface area contributed by atoms with Crippen molar-refractivity contribution < 1.29 is 0 Å². The van der Waals surface area contributed by atoms with Gasteiger partial charge >= 0.3 is 0 Å². The van der Waals surface area contributed by atoms with Crippen LogP contribution >= 0.6 is 0 Å². The minimum Gasteiger partial charge on any atom is -0.398 e. The molecule has 0 fully saturated rings. The lowest BCUT2D eigenvalue weighted by molar-refractivity contribution is 0.660. The molecule has 7 aromatic carbocycles. The number of nitrogens with two attached hydrogens (primary N) is 1. The third kappa shape index (κ3) is 6.41. The average molecular weight is 683 g/mol. The third-order valence-corrected chi connectivity index (χ3v) is 10.5. The Kier molecular flexibility index (Phi) is 8.96. The predicted octanol–water partition coefficient (Wildman–Crippen LogP) is 13.8. The summed E-state index contributed by atoms with van der Waals surface area (Å²) < 4.78 is 0. The van der Waals surface area contributed by atoms with Gasteiger partial charge in [-0.2, -0.15) is 0 Å². The number of allylic oxidation sites excluding steroid dienone is 4. The number of fused-ring (bicyclic) bond motifs is 3. The molecule has 1 aliphatic rings. The van der Waals surface area contributed by atoms with Gasteiger partial charge in [-0.1, -0.05) is 166 Å². The molecule has 0 aliphatic heterocycles. The van der Waals surface area contributed by atoms with Crippen molar-refractivity contribution in [1.29, 1.82) is 0 Å². The van der Waals surface area contributed by atoms with E-state index >= 15 is 0 Å². The SMILES string of the molecule is C=C/C=C\C=C/c1ccc(-c2ccc(N(c3ccc(-c4ccccc4)cc3)c3ccc4c(c3)C(C)(C)c3ccccc3-4)cc2)cc1-c1ccccc1N. The molecule has 7 aromatic rings. The minimum atomic E-state index is -0.0994. The van der Waals surface area contributed by atoms with E-state index < -0.39 is 0 Å². The van der Waals surface area contributed by atoms with E-state index in [1.165, 1.54) is 33.4 Å². The Bertz CT molecular complexity index is 2480. The molecule has 0 saturated heterocycles. The van der Waals surface area contributed by atoms with Gasteiger partial charge in [0, 0.05) is 33.7 Å². The van der Waals surface area contributed by atoms with Gasteiger partial charge in [-0.05, 0) is 104 Å². The minimum absolute atomic E-state index is 0.0994. The van der Waals surface area contributed by atoms with Crippen molar-refractivity contribution in [3.05, 3.63) is 211 Å². The number of hydrogen-bond acceptors (Lipinski definition) is 2. The molecule has 2 heteroatoms. The van der Waals surface area contributed by atoms with Crippen molar-refractivity contribution in [3.63, 3.8) is 0 Å². The zero-order valence-electron chi connectivity index (χ0n) is 30.2. The molecular formula is C51H42N2. The van der Waals surface area contributed by atoms with Gasteiger partial charge in [0.05, 0.1) is 0 Å². The Hall–Kier alpha value is -6.64. The van der Waals surface area contributed by atoms with Crippen LogP contribution in [0.3, 0.4) is 0 Å². The van der Waals surface area contributed by atoms with Crippen LogP contribution in [0.4, 0.5) is 22.7 Å². The summed E-state index contributed by atoms with van der Waals surface area (Å²) in [5, 5.41) is 0. The van der Waals surface area contributed by atoms with Crippen LogP contribution < -0.4 is 10.6 Å². The molecule has 0 aromatic heterocycles. The van der Waals surface area contributed by atoms with Crippen molar-refractivity contribution in [2.45, 2.75) is 19.3 Å². The van der Waals surface area contributed by atoms with Gasteiger partial charge in [0.15, 0.2) is 0 Å². The molecule has 0 atom stereocenters. The summed E-state index contributed by atoms with van der Waals surface area (Å²) in [6.07, 6.45) is 9.84. The molecule has 0 radical (unpaired) electrons. The molecule has 53 heavy (non-hydrogen) atoms. The quantitative estimate of drug-likeness (QED) is 0.121. The van der Waals surface area contributed by atoms with E-state index in [1.807, 2.05) is 36.4 Å². The van der Waals surface area contributed by atoms with Gasteiger partial charge in [-0.15, -0.1) is 0 Å². The number of anilines is 4. The summed E-state index contributed by atoms with van der Waals surface area (Å²) in [6.45, 7) is 8.46. The number of benzene rings is 7. The summed E-state index contributed by atoms with van der Waals surface area (Å²) in [5.41, 5.74) is 23.7. The van der Waals surface area contributed by atoms with Gasteiger partial charge in [0.25, 0.3) is 0 Å². The van der Waals surface area contributed by atoms with E-state index in [9.17, 15) is 0 Å². The maximum Gasteiger partial charge on any atom is 0.0465 e. The Morgan fingerprint density at radius 3 is 1.74 bits per heavy atom. The first-order chi connectivity index (χ1) is 25.9. The van der Waals surface area contributed by atoms with E-state index in [0.717, 1.165) is 50.6 Å². The van der Waals surface area contributed by atoms with Crippen molar-refractivity contribution in [2.75, 3.05) is 10.6 Å². The van der Waals surface area contributed by atoms with E-state index in [1.54, 1.807) is 6.08 Å². The summed E-state index contributed by atoms with van der Waals surface area (Å²) >= 11 is 0. The lowest BCUT2D eigenvalue weighted by Gasteiger charge is -2.28. The van der Waals surface area contributed by atoms with Crippen molar-refractivity contribution in [3.8, 4) is 44.5 Å². The average Bonchev–Trinajstić information content (AvgIpc) is 3.43. The second-order valence-electron chi connectivity index (χ2n) is 14.1. The molecule has 0 unspecified atom stereocenters. The fourth-order valence-corrected chi connectivity index (χ4v) is 7.67. The second-order valence-corrected chi connectivity index (χ2v) is 14.1. The molecule has 0 saturated carbocycles. The summed E-state index contributed by atoms with van der Waals surface area (Å²) in [4.78, 5) is 2.37. The second kappa shape index (κ2) is 14.2. The molecule has 8 rings (SSSR count). The van der Waals surface area contributed by atoms with Gasteiger partial charge in [0.1, 0.15) is 0 Å². The van der Waals surface area contributed by atoms with E-state index in [-0.39, 0.29) is 5.41 Å². The van der Waals surface area contributed by atoms with E-state index in [2.05, 4.69) is 177 Å². The lowest BCUT2D eigenvalue weighted by Crippen LogP contribution is -2.16. The maximum atomic E-state index is 6.51. The number of rotatable bonds is 9. The van der Waals surface area contributed by atoms with Crippen LogP contribution in [0.15, 0.2) is 195 Å². The summed E-state index contributed by atoms with van der Waals surface area (Å²) in [7, 11) is 0. The monoisotopic (exact) mass is 682 g/mol. The molecular weight excluding hydrogens is 641 g/mol. The number of nitrogen functional groups attached to an aromatic ring is 1. The van der Waals surface area contributed by atoms with Crippen molar-refractivity contribution in [2.24, 2.45) is 0 Å². The third-order valence-electron chi connectivity index (χ3n) is 10.5. The van der Waals surface area contributed by atoms with Crippen molar-refractivity contribution in [1.82, 2.24) is 0 Å². The molecule has 0 spiro atoms. The zero-order valence-corrected chi connectivity index (χ0v) is 30.2. The topological polar surface area (TPSA) is 29.3 Å². The Morgan fingerprint density at radius 2 is 1.04 bits per heavy atom. The Balaban J connectivity index is 1.20. The van der Waals surface area contributed by atoms with Crippen LogP contribution in [0.1, 0.15) is 30.5 Å². The highest BCUT2D eigenvalue weighted by molar-refractivity contribution is 5.88. The highest BCUT2D eigenvalue weighted by atomic mass is 15.1. The molecule has 0 bridgehead atoms. The maximum absolute atomic E-state index is 6.51. The van der Waals surface area contributed by atoms with Crippen LogP contribution in [0, 0.1) is 0 Å². The molecule has 2 nitrogen and oxygen atoms in total. The first-order valence-corrected chi connectivity index (χ1v) is 18.2. The van der Waals surface area contributed by atoms with Crippen molar-refractivity contribution >= 4 is 28.8 Å². The fourth-order valence-electron chi connectivity index (χ4n) is 7.67. The molecule has 2 N–H and O–H groups in total. The van der Waals surface area contributed by atoms with Gasteiger partial charge in [-0.3, -0.25) is 0 Å². The molecule has 1 aliphatic carbocycles. The largest absolute Gasteiger partial charge is 0.398 e. The van der Waals surface area contributed by atoms with E-state index in [0.29, 0.717) is 0 Å². The van der Waals surface area contributed by atoms with Crippen LogP contribution in [0.2, 0.25) is 0 Å². The number of para-hydroxylation sites is 1. The van der Waals surface area contributed by atoms with E-state index in [4.69, 9.17) is 5.73 Å². The normalized spacial score (nSPS) is 12.9. The highest BCUT2D eigenvalue weighted by Gasteiger charge is 2.35. The van der Waals surface area contributed by atoms with Crippen LogP contribution in [-0.4, -0.2) is 0 Å². The van der Waals surface area contributed by atoms with Gasteiger partial charge in [0.2, 0.25) is 0 Å². The van der Waals surface area contributed by atoms with Crippen LogP contribution in [0.5, 0.6) is 0 Å². The molecule has 0 amide bonds. The number of nitrogens with zero attached hydrogens (tertiary/aromatic N) is 1. The molecule has 256 valence electrons. The first-order valence-electron chi connectivity index (χ1n) is 18.2. The predicted molar refractivity (Wildman–Crippen MR) is 228 cm³/mol. The Morgan fingerprint density at radius 1 is 0.472 bits per heavy atom. The zero-order chi connectivity index (χ0) is 36.4. The Labute approximate surface area is 313 Å². The van der Waals surface area contributed by atoms with Gasteiger partial charge in [-0.25, -0.2) is 0 Å². The molecule has 0 heterocycles. The van der Waals surface area contributed by atoms with Gasteiger partial charge < -0.3 is 10.6 Å². The lowest BCUT2D eigenvalue weighted by atomic mass is 9.82. The summed E-state index contributed by atoms with van der Waals surface area (Å²) in [6, 6.07) is 58.8. The summed E-state index contributed by atoms with van der Waals surface area (Å²) in [5.74, 6) is 0. The fraction of sp³-hybridized carbons (Fsp3) is 0.0588. The smallest absolute Gasteiger partial charge is 0.0465 e. The van der Waals surface area contributed by atoms with Crippen LogP contribution in [0.25, 0.3) is 50.6 Å².